The fraction of sp³-hybridized carbons (Fsp3) is 0.412. The molecule has 1 amide bonds. The second-order valence-corrected chi connectivity index (χ2v) is 6.95. The molecule has 0 spiro atoms. The Bertz CT molecular complexity index is 733. The molecule has 0 bridgehead atoms. The molecule has 1 aliphatic carbocycles. The fourth-order valence-corrected chi connectivity index (χ4v) is 4.35. The third kappa shape index (κ3) is 2.66. The van der Waals surface area contributed by atoms with Crippen LogP contribution in [0.15, 0.2) is 30.5 Å². The van der Waals surface area contributed by atoms with Gasteiger partial charge in [-0.1, -0.05) is 12.1 Å². The highest BCUT2D eigenvalue weighted by molar-refractivity contribution is 7.16. The predicted octanol–water partition coefficient (Wildman–Crippen LogP) is 3.34. The molecule has 4 nitrogen and oxygen atoms in total. The number of carbonyl (C=O) groups excluding carboxylic acids is 1. The third-order valence-corrected chi connectivity index (χ3v) is 5.58. The Morgan fingerprint density at radius 1 is 1.35 bits per heavy atom. The first-order chi connectivity index (χ1) is 11.2. The van der Waals surface area contributed by atoms with Gasteiger partial charge in [-0.15, -0.1) is 11.3 Å². The Balaban J connectivity index is 1.59. The van der Waals surface area contributed by atoms with Crippen molar-refractivity contribution in [3.8, 4) is 10.6 Å². The SMILES string of the molecule is O=C(c1cnc(-c2ccccc2F)s1)N1CCO[C@@H]2CCC[C@@H]21. The molecule has 1 aromatic carbocycles. The maximum atomic E-state index is 13.9. The van der Waals surface area contributed by atoms with E-state index in [-0.39, 0.29) is 23.9 Å². The molecule has 2 heterocycles. The molecule has 0 N–H and O–H groups in total. The van der Waals surface area contributed by atoms with Crippen molar-refractivity contribution in [3.63, 3.8) is 0 Å². The quantitative estimate of drug-likeness (QED) is 0.847. The molecule has 2 atom stereocenters. The van der Waals surface area contributed by atoms with Crippen LogP contribution in [-0.2, 0) is 4.74 Å². The number of thiazole rings is 1. The number of carbonyl (C=O) groups is 1. The molecule has 2 aromatic rings. The van der Waals surface area contributed by atoms with Gasteiger partial charge in [-0.2, -0.15) is 0 Å². The van der Waals surface area contributed by atoms with Crippen molar-refractivity contribution >= 4 is 17.2 Å². The molecule has 120 valence electrons. The van der Waals surface area contributed by atoms with Crippen LogP contribution in [0.4, 0.5) is 4.39 Å². The summed E-state index contributed by atoms with van der Waals surface area (Å²) in [7, 11) is 0. The van der Waals surface area contributed by atoms with Crippen LogP contribution >= 0.6 is 11.3 Å². The van der Waals surface area contributed by atoms with Crippen LogP contribution in [0.25, 0.3) is 10.6 Å². The summed E-state index contributed by atoms with van der Waals surface area (Å²) in [4.78, 5) is 19.5. The summed E-state index contributed by atoms with van der Waals surface area (Å²) in [6.45, 7) is 1.21. The standard InChI is InChI=1S/C17H17FN2O2S/c18-12-5-2-1-4-11(12)16-19-10-15(23-16)17(21)20-8-9-22-14-7-3-6-13(14)20/h1-2,4-5,10,13-14H,3,6-9H2/t13-,14+/m0/s1. The average molecular weight is 332 g/mol. The van der Waals surface area contributed by atoms with Crippen molar-refractivity contribution in [2.75, 3.05) is 13.2 Å². The van der Waals surface area contributed by atoms with E-state index in [1.54, 1.807) is 24.4 Å². The van der Waals surface area contributed by atoms with Crippen molar-refractivity contribution < 1.29 is 13.9 Å². The van der Waals surface area contributed by atoms with Crippen molar-refractivity contribution in [1.29, 1.82) is 0 Å². The predicted molar refractivity (Wildman–Crippen MR) is 85.9 cm³/mol. The van der Waals surface area contributed by atoms with Gasteiger partial charge in [0.1, 0.15) is 15.7 Å². The van der Waals surface area contributed by atoms with Gasteiger partial charge in [-0.05, 0) is 31.4 Å². The van der Waals surface area contributed by atoms with Crippen LogP contribution in [0.1, 0.15) is 28.9 Å². The van der Waals surface area contributed by atoms with Crippen molar-refractivity contribution in [2.45, 2.75) is 31.4 Å². The van der Waals surface area contributed by atoms with Crippen LogP contribution in [0.3, 0.4) is 0 Å². The lowest BCUT2D eigenvalue weighted by Crippen LogP contribution is -2.51. The lowest BCUT2D eigenvalue weighted by Gasteiger charge is -2.37. The number of benzene rings is 1. The molecule has 1 saturated carbocycles. The maximum absolute atomic E-state index is 13.9. The summed E-state index contributed by atoms with van der Waals surface area (Å²) in [6.07, 6.45) is 4.86. The number of hydrogen-bond acceptors (Lipinski definition) is 4. The molecule has 2 fully saturated rings. The van der Waals surface area contributed by atoms with Gasteiger partial charge in [0.15, 0.2) is 0 Å². The van der Waals surface area contributed by atoms with E-state index in [0.717, 1.165) is 19.3 Å². The van der Waals surface area contributed by atoms with E-state index in [1.807, 2.05) is 4.90 Å². The van der Waals surface area contributed by atoms with E-state index < -0.39 is 0 Å². The minimum atomic E-state index is -0.317. The normalized spacial score (nSPS) is 23.8. The van der Waals surface area contributed by atoms with Crippen molar-refractivity contribution in [2.24, 2.45) is 0 Å². The number of ether oxygens (including phenoxy) is 1. The highest BCUT2D eigenvalue weighted by Gasteiger charge is 2.39. The Morgan fingerprint density at radius 2 is 2.22 bits per heavy atom. The van der Waals surface area contributed by atoms with Gasteiger partial charge in [-0.3, -0.25) is 4.79 Å². The average Bonchev–Trinajstić information content (AvgIpc) is 3.23. The molecule has 1 aliphatic heterocycles. The summed E-state index contributed by atoms with van der Waals surface area (Å²) >= 11 is 1.25. The molecule has 2 aliphatic rings. The molecule has 6 heteroatoms. The molecular weight excluding hydrogens is 315 g/mol. The Labute approximate surface area is 137 Å². The topological polar surface area (TPSA) is 42.4 Å². The summed E-state index contributed by atoms with van der Waals surface area (Å²) in [5.74, 6) is -0.326. The monoisotopic (exact) mass is 332 g/mol. The summed E-state index contributed by atoms with van der Waals surface area (Å²) in [5, 5.41) is 0.544. The summed E-state index contributed by atoms with van der Waals surface area (Å²) in [6, 6.07) is 6.68. The zero-order valence-corrected chi connectivity index (χ0v) is 13.4. The van der Waals surface area contributed by atoms with Gasteiger partial charge in [-0.25, -0.2) is 9.37 Å². The van der Waals surface area contributed by atoms with Crippen LogP contribution in [0.5, 0.6) is 0 Å². The van der Waals surface area contributed by atoms with Crippen LogP contribution < -0.4 is 0 Å². The molecule has 0 radical (unpaired) electrons. The van der Waals surface area contributed by atoms with Gasteiger partial charge >= 0.3 is 0 Å². The van der Waals surface area contributed by atoms with Crippen LogP contribution in [0.2, 0.25) is 0 Å². The number of amides is 1. The van der Waals surface area contributed by atoms with E-state index in [0.29, 0.717) is 28.6 Å². The van der Waals surface area contributed by atoms with Gasteiger partial charge in [0.25, 0.3) is 5.91 Å². The van der Waals surface area contributed by atoms with Gasteiger partial charge in [0.2, 0.25) is 0 Å². The van der Waals surface area contributed by atoms with E-state index in [1.165, 1.54) is 17.4 Å². The molecule has 1 saturated heterocycles. The first kappa shape index (κ1) is 14.8. The van der Waals surface area contributed by atoms with Crippen molar-refractivity contribution in [1.82, 2.24) is 9.88 Å². The lowest BCUT2D eigenvalue weighted by atomic mass is 10.1. The third-order valence-electron chi connectivity index (χ3n) is 4.56. The van der Waals surface area contributed by atoms with Gasteiger partial charge in [0, 0.05) is 12.1 Å². The second kappa shape index (κ2) is 6.02. The molecule has 0 unspecified atom stereocenters. The van der Waals surface area contributed by atoms with Gasteiger partial charge in [0.05, 0.1) is 24.9 Å². The number of hydrogen-bond donors (Lipinski definition) is 0. The Morgan fingerprint density at radius 3 is 3.09 bits per heavy atom. The number of morpholine rings is 1. The number of aromatic nitrogens is 1. The van der Waals surface area contributed by atoms with Crippen LogP contribution in [0, 0.1) is 5.82 Å². The zero-order valence-electron chi connectivity index (χ0n) is 12.6. The number of rotatable bonds is 2. The van der Waals surface area contributed by atoms with E-state index >= 15 is 0 Å². The summed E-state index contributed by atoms with van der Waals surface area (Å²) < 4.78 is 19.6. The van der Waals surface area contributed by atoms with E-state index in [2.05, 4.69) is 4.98 Å². The first-order valence-corrected chi connectivity index (χ1v) is 8.69. The molecular formula is C17H17FN2O2S. The molecule has 1 aromatic heterocycles. The first-order valence-electron chi connectivity index (χ1n) is 7.87. The summed E-state index contributed by atoms with van der Waals surface area (Å²) in [5.41, 5.74) is 0.442. The Hall–Kier alpha value is -1.79. The van der Waals surface area contributed by atoms with E-state index in [4.69, 9.17) is 4.74 Å². The zero-order chi connectivity index (χ0) is 15.8. The van der Waals surface area contributed by atoms with Crippen LogP contribution in [-0.4, -0.2) is 41.1 Å². The number of halogens is 1. The highest BCUT2D eigenvalue weighted by Crippen LogP contribution is 2.33. The minimum absolute atomic E-state index is 0.00899. The Kier molecular flexibility index (Phi) is 3.87. The van der Waals surface area contributed by atoms with Gasteiger partial charge < -0.3 is 9.64 Å². The number of fused-ring (bicyclic) bond motifs is 1. The van der Waals surface area contributed by atoms with Crippen molar-refractivity contribution in [3.05, 3.63) is 41.2 Å². The van der Waals surface area contributed by atoms with E-state index in [9.17, 15) is 9.18 Å². The minimum Gasteiger partial charge on any atom is -0.374 e. The number of nitrogens with zero attached hydrogens (tertiary/aromatic N) is 2. The molecule has 23 heavy (non-hydrogen) atoms. The fourth-order valence-electron chi connectivity index (χ4n) is 3.45. The maximum Gasteiger partial charge on any atom is 0.266 e. The second-order valence-electron chi connectivity index (χ2n) is 5.92. The lowest BCUT2D eigenvalue weighted by molar-refractivity contribution is -0.0443. The largest absolute Gasteiger partial charge is 0.374 e. The molecule has 4 rings (SSSR count). The highest BCUT2D eigenvalue weighted by atomic mass is 32.1. The smallest absolute Gasteiger partial charge is 0.266 e.